The van der Waals surface area contributed by atoms with Crippen molar-refractivity contribution in [3.05, 3.63) is 29.3 Å². The summed E-state index contributed by atoms with van der Waals surface area (Å²) in [5, 5.41) is 3.21. The molecule has 0 amide bonds. The normalized spacial score (nSPS) is 19.1. The van der Waals surface area contributed by atoms with Crippen molar-refractivity contribution in [2.24, 2.45) is 16.6 Å². The molecule has 1 aromatic rings. The molecule has 2 aliphatic rings. The first-order valence-corrected chi connectivity index (χ1v) is 9.91. The number of fused-ring (bicyclic) bond motifs is 1. The summed E-state index contributed by atoms with van der Waals surface area (Å²) in [4.78, 5) is 4.37. The van der Waals surface area contributed by atoms with E-state index in [0.29, 0.717) is 25.6 Å². The van der Waals surface area contributed by atoms with E-state index >= 15 is 0 Å². The minimum Gasteiger partial charge on any atom is -0.370 e. The van der Waals surface area contributed by atoms with Crippen LogP contribution in [0.5, 0.6) is 0 Å². The van der Waals surface area contributed by atoms with Gasteiger partial charge in [0.25, 0.3) is 0 Å². The van der Waals surface area contributed by atoms with Crippen LogP contribution in [0, 0.1) is 5.92 Å². The maximum atomic E-state index is 11.3. The van der Waals surface area contributed by atoms with E-state index in [-0.39, 0.29) is 29.9 Å². The predicted molar refractivity (Wildman–Crippen MR) is 109 cm³/mol. The Bertz CT molecular complexity index is 715. The number of nitrogens with two attached hydrogens (primary N) is 1. The molecule has 0 radical (unpaired) electrons. The Morgan fingerprint density at radius 1 is 1.33 bits per heavy atom. The number of guanidine groups is 1. The Kier molecular flexibility index (Phi) is 6.49. The van der Waals surface area contributed by atoms with Crippen LogP contribution in [0.15, 0.2) is 23.2 Å². The monoisotopic (exact) mass is 464 g/mol. The molecule has 0 spiro atoms. The highest BCUT2D eigenvalue weighted by molar-refractivity contribution is 14.0. The summed E-state index contributed by atoms with van der Waals surface area (Å²) >= 11 is 0. The number of nitrogens with one attached hydrogen (secondary N) is 1. The topological polar surface area (TPSA) is 87.8 Å². The third kappa shape index (κ3) is 4.60. The van der Waals surface area contributed by atoms with Gasteiger partial charge in [-0.15, -0.1) is 24.0 Å². The highest BCUT2D eigenvalue weighted by atomic mass is 127. The SMILES string of the molecule is CS(=O)(=O)N1CC(CN=C(N)Nc2cccc3c2CCCC3)C1.I. The van der Waals surface area contributed by atoms with Crippen LogP contribution in [0.4, 0.5) is 5.69 Å². The molecule has 0 atom stereocenters. The fourth-order valence-corrected chi connectivity index (χ4v) is 4.18. The Labute approximate surface area is 161 Å². The maximum Gasteiger partial charge on any atom is 0.211 e. The molecule has 1 saturated heterocycles. The second kappa shape index (κ2) is 8.01. The van der Waals surface area contributed by atoms with E-state index in [9.17, 15) is 8.42 Å². The van der Waals surface area contributed by atoms with Gasteiger partial charge in [0, 0.05) is 31.2 Å². The van der Waals surface area contributed by atoms with Crippen molar-refractivity contribution in [1.29, 1.82) is 0 Å². The van der Waals surface area contributed by atoms with Crippen molar-refractivity contribution in [3.63, 3.8) is 0 Å². The van der Waals surface area contributed by atoms with Gasteiger partial charge in [0.05, 0.1) is 6.26 Å². The number of halogens is 1. The average Bonchev–Trinajstić information content (AvgIpc) is 2.44. The zero-order valence-corrected chi connectivity index (χ0v) is 17.0. The molecule has 24 heavy (non-hydrogen) atoms. The molecule has 1 heterocycles. The summed E-state index contributed by atoms with van der Waals surface area (Å²) in [5.74, 6) is 0.663. The van der Waals surface area contributed by atoms with Gasteiger partial charge >= 0.3 is 0 Å². The summed E-state index contributed by atoms with van der Waals surface area (Å²) < 4.78 is 24.1. The number of sulfonamides is 1. The van der Waals surface area contributed by atoms with Gasteiger partial charge in [0.15, 0.2) is 5.96 Å². The van der Waals surface area contributed by atoms with Crippen LogP contribution in [-0.2, 0) is 22.9 Å². The zero-order chi connectivity index (χ0) is 16.4. The van der Waals surface area contributed by atoms with Crippen LogP contribution in [0.25, 0.3) is 0 Å². The van der Waals surface area contributed by atoms with Crippen LogP contribution in [0.2, 0.25) is 0 Å². The van der Waals surface area contributed by atoms with Crippen molar-refractivity contribution < 1.29 is 8.42 Å². The minimum absolute atomic E-state index is 0. The molecule has 134 valence electrons. The molecular formula is C16H25IN4O2S. The Morgan fingerprint density at radius 3 is 2.75 bits per heavy atom. The summed E-state index contributed by atoms with van der Waals surface area (Å²) in [5.41, 5.74) is 9.79. The summed E-state index contributed by atoms with van der Waals surface area (Å²) in [7, 11) is -3.06. The lowest BCUT2D eigenvalue weighted by molar-refractivity contribution is 0.209. The molecule has 0 unspecified atom stereocenters. The molecule has 1 fully saturated rings. The van der Waals surface area contributed by atoms with E-state index in [4.69, 9.17) is 5.73 Å². The van der Waals surface area contributed by atoms with Gasteiger partial charge in [0.1, 0.15) is 0 Å². The van der Waals surface area contributed by atoms with Crippen molar-refractivity contribution in [3.8, 4) is 0 Å². The van der Waals surface area contributed by atoms with Crippen molar-refractivity contribution in [1.82, 2.24) is 4.31 Å². The van der Waals surface area contributed by atoms with E-state index < -0.39 is 10.0 Å². The summed E-state index contributed by atoms with van der Waals surface area (Å²) in [6.07, 6.45) is 5.91. The van der Waals surface area contributed by atoms with E-state index in [1.54, 1.807) is 0 Å². The van der Waals surface area contributed by atoms with E-state index in [0.717, 1.165) is 18.5 Å². The third-order valence-corrected chi connectivity index (χ3v) is 5.81. The van der Waals surface area contributed by atoms with Crippen molar-refractivity contribution in [2.75, 3.05) is 31.2 Å². The first-order chi connectivity index (χ1) is 10.9. The Balaban J connectivity index is 0.00000208. The molecule has 8 heteroatoms. The van der Waals surface area contributed by atoms with E-state index in [1.165, 1.54) is 34.5 Å². The number of aryl methyl sites for hydroxylation is 1. The van der Waals surface area contributed by atoms with Gasteiger partial charge in [-0.2, -0.15) is 0 Å². The fraction of sp³-hybridized carbons (Fsp3) is 0.562. The van der Waals surface area contributed by atoms with E-state index in [1.807, 2.05) is 6.07 Å². The molecule has 6 nitrogen and oxygen atoms in total. The highest BCUT2D eigenvalue weighted by Crippen LogP contribution is 2.27. The molecule has 1 aliphatic heterocycles. The minimum atomic E-state index is -3.06. The molecule has 3 rings (SSSR count). The zero-order valence-electron chi connectivity index (χ0n) is 13.9. The molecular weight excluding hydrogens is 439 g/mol. The van der Waals surface area contributed by atoms with Gasteiger partial charge in [-0.25, -0.2) is 12.7 Å². The van der Waals surface area contributed by atoms with E-state index in [2.05, 4.69) is 22.4 Å². The average molecular weight is 464 g/mol. The quantitative estimate of drug-likeness (QED) is 0.404. The second-order valence-electron chi connectivity index (χ2n) is 6.45. The number of hydrogen-bond donors (Lipinski definition) is 2. The fourth-order valence-electron chi connectivity index (χ4n) is 3.21. The molecule has 0 saturated carbocycles. The molecule has 1 aromatic carbocycles. The number of hydrogen-bond acceptors (Lipinski definition) is 3. The first-order valence-electron chi connectivity index (χ1n) is 8.06. The molecule has 0 aromatic heterocycles. The summed E-state index contributed by atoms with van der Waals surface area (Å²) in [6.45, 7) is 1.63. The lowest BCUT2D eigenvalue weighted by Gasteiger charge is -2.36. The number of nitrogens with zero attached hydrogens (tertiary/aromatic N) is 2. The van der Waals surface area contributed by atoms with Gasteiger partial charge in [-0.1, -0.05) is 12.1 Å². The molecule has 0 bridgehead atoms. The van der Waals surface area contributed by atoms with Crippen LogP contribution < -0.4 is 11.1 Å². The standard InChI is InChI=1S/C16H24N4O2S.HI/c1-23(21,22)20-10-12(11-20)9-18-16(17)19-15-8-4-6-13-5-2-3-7-14(13)15;/h4,6,8,12H,2-3,5,7,9-11H2,1H3,(H3,17,18,19);1H. The van der Waals surface area contributed by atoms with Crippen molar-refractivity contribution in [2.45, 2.75) is 25.7 Å². The van der Waals surface area contributed by atoms with Crippen LogP contribution in [0.3, 0.4) is 0 Å². The smallest absolute Gasteiger partial charge is 0.211 e. The summed E-state index contributed by atoms with van der Waals surface area (Å²) in [6, 6.07) is 6.28. The predicted octanol–water partition coefficient (Wildman–Crippen LogP) is 1.80. The second-order valence-corrected chi connectivity index (χ2v) is 8.43. The van der Waals surface area contributed by atoms with Gasteiger partial charge < -0.3 is 11.1 Å². The van der Waals surface area contributed by atoms with Gasteiger partial charge in [-0.05, 0) is 42.9 Å². The lowest BCUT2D eigenvalue weighted by atomic mass is 9.90. The Morgan fingerprint density at radius 2 is 2.04 bits per heavy atom. The first kappa shape index (κ1) is 19.5. The number of anilines is 1. The van der Waals surface area contributed by atoms with Gasteiger partial charge in [-0.3, -0.25) is 4.99 Å². The number of benzene rings is 1. The van der Waals surface area contributed by atoms with Gasteiger partial charge in [0.2, 0.25) is 10.0 Å². The third-order valence-electron chi connectivity index (χ3n) is 4.57. The lowest BCUT2D eigenvalue weighted by Crippen LogP contribution is -2.50. The number of aliphatic imine (C=N–C) groups is 1. The van der Waals surface area contributed by atoms with Crippen LogP contribution in [-0.4, -0.2) is 44.6 Å². The van der Waals surface area contributed by atoms with Crippen LogP contribution in [0.1, 0.15) is 24.0 Å². The number of rotatable bonds is 4. The Hall–Kier alpha value is -0.870. The highest BCUT2D eigenvalue weighted by Gasteiger charge is 2.32. The molecule has 3 N–H and O–H groups in total. The van der Waals surface area contributed by atoms with Crippen molar-refractivity contribution >= 4 is 45.6 Å². The largest absolute Gasteiger partial charge is 0.370 e. The van der Waals surface area contributed by atoms with Crippen LogP contribution >= 0.6 is 24.0 Å². The maximum absolute atomic E-state index is 11.3. The molecule has 1 aliphatic carbocycles.